The van der Waals surface area contributed by atoms with Crippen LogP contribution in [0.4, 0.5) is 0 Å². The number of hydrogen-bond acceptors (Lipinski definition) is 2. The van der Waals surface area contributed by atoms with Crippen LogP contribution in [0.1, 0.15) is 18.4 Å². The summed E-state index contributed by atoms with van der Waals surface area (Å²) in [6, 6.07) is 13.3. The number of hydrogen-bond donors (Lipinski definition) is 0. The molecule has 2 fully saturated rings. The van der Waals surface area contributed by atoms with E-state index in [4.69, 9.17) is 4.98 Å². The number of piperidine rings is 1. The molecule has 1 aromatic carbocycles. The minimum absolute atomic E-state index is 0.384. The second-order valence-electron chi connectivity index (χ2n) is 7.19. The predicted octanol–water partition coefficient (Wildman–Crippen LogP) is 3.59. The van der Waals surface area contributed by atoms with Gasteiger partial charge in [0.25, 0.3) is 0 Å². The molecule has 4 heterocycles. The van der Waals surface area contributed by atoms with Gasteiger partial charge in [-0.05, 0) is 55.8 Å². The second kappa shape index (κ2) is 4.68. The molecule has 3 heteroatoms. The Hall–Kier alpha value is -2.13. The summed E-state index contributed by atoms with van der Waals surface area (Å²) in [5.41, 5.74) is 5.36. The SMILES string of the molecule is Cn1ccc2cc(-c3ccc(C45CCN(CC4)C5)cn3)ccc21. The number of aromatic nitrogens is 2. The summed E-state index contributed by atoms with van der Waals surface area (Å²) in [5.74, 6) is 0. The highest BCUT2D eigenvalue weighted by molar-refractivity contribution is 5.85. The van der Waals surface area contributed by atoms with Crippen molar-refractivity contribution >= 4 is 10.9 Å². The number of benzene rings is 1. The van der Waals surface area contributed by atoms with Gasteiger partial charge in [0.15, 0.2) is 0 Å². The van der Waals surface area contributed by atoms with Crippen LogP contribution in [0.3, 0.4) is 0 Å². The van der Waals surface area contributed by atoms with Crippen molar-refractivity contribution in [2.45, 2.75) is 18.3 Å². The lowest BCUT2D eigenvalue weighted by molar-refractivity contribution is 0.364. The van der Waals surface area contributed by atoms with Crippen LogP contribution in [0.25, 0.3) is 22.2 Å². The quantitative estimate of drug-likeness (QED) is 0.721. The highest BCUT2D eigenvalue weighted by Gasteiger charge is 2.44. The molecule has 3 nitrogen and oxygen atoms in total. The fraction of sp³-hybridized carbons (Fsp3) is 0.350. The Morgan fingerprint density at radius 3 is 2.61 bits per heavy atom. The third-order valence-electron chi connectivity index (χ3n) is 5.90. The van der Waals surface area contributed by atoms with Gasteiger partial charge in [-0.3, -0.25) is 4.98 Å². The molecule has 2 aliphatic rings. The Morgan fingerprint density at radius 1 is 1.04 bits per heavy atom. The summed E-state index contributed by atoms with van der Waals surface area (Å²) < 4.78 is 2.15. The van der Waals surface area contributed by atoms with Gasteiger partial charge in [-0.1, -0.05) is 12.1 Å². The zero-order valence-corrected chi connectivity index (χ0v) is 13.5. The zero-order chi connectivity index (χ0) is 15.4. The summed E-state index contributed by atoms with van der Waals surface area (Å²) in [5, 5.41) is 1.27. The molecule has 0 amide bonds. The van der Waals surface area contributed by atoms with Crippen molar-refractivity contribution in [3.63, 3.8) is 0 Å². The van der Waals surface area contributed by atoms with Gasteiger partial charge in [-0.2, -0.15) is 0 Å². The first-order chi connectivity index (χ1) is 11.2. The maximum Gasteiger partial charge on any atom is 0.0702 e. The van der Waals surface area contributed by atoms with E-state index < -0.39 is 0 Å². The molecule has 3 aromatic rings. The lowest BCUT2D eigenvalue weighted by Crippen LogP contribution is -2.24. The van der Waals surface area contributed by atoms with Crippen LogP contribution in [-0.2, 0) is 12.5 Å². The average Bonchev–Trinajstić information content (AvgIpc) is 3.30. The first-order valence-electron chi connectivity index (χ1n) is 8.48. The molecule has 0 unspecified atom stereocenters. The van der Waals surface area contributed by atoms with E-state index in [1.807, 2.05) is 0 Å². The van der Waals surface area contributed by atoms with Crippen molar-refractivity contribution in [1.29, 1.82) is 0 Å². The number of rotatable bonds is 2. The monoisotopic (exact) mass is 303 g/mol. The largest absolute Gasteiger partial charge is 0.351 e. The maximum atomic E-state index is 4.79. The first-order valence-corrected chi connectivity index (χ1v) is 8.48. The molecule has 116 valence electrons. The van der Waals surface area contributed by atoms with E-state index in [0.29, 0.717) is 5.41 Å². The second-order valence-corrected chi connectivity index (χ2v) is 7.19. The van der Waals surface area contributed by atoms with Gasteiger partial charge in [0.1, 0.15) is 0 Å². The summed E-state index contributed by atoms with van der Waals surface area (Å²) >= 11 is 0. The van der Waals surface area contributed by atoms with Crippen molar-refractivity contribution < 1.29 is 0 Å². The normalized spacial score (nSPS) is 26.2. The maximum absolute atomic E-state index is 4.79. The van der Waals surface area contributed by atoms with Gasteiger partial charge >= 0.3 is 0 Å². The van der Waals surface area contributed by atoms with Crippen molar-refractivity contribution in [2.24, 2.45) is 7.05 Å². The molecule has 5 rings (SSSR count). The summed E-state index contributed by atoms with van der Waals surface area (Å²) in [7, 11) is 2.08. The standard InChI is InChI=1S/C20H21N3/c1-22-9-6-16-12-15(2-5-19(16)22)18-4-3-17(13-21-18)20-7-10-23(14-20)11-8-20/h2-6,9,12-13H,7-8,10-11,14H2,1H3. The van der Waals surface area contributed by atoms with Crippen molar-refractivity contribution in [3.8, 4) is 11.3 Å². The summed E-state index contributed by atoms with van der Waals surface area (Å²) in [6.07, 6.45) is 6.82. The van der Waals surface area contributed by atoms with Gasteiger partial charge in [-0.15, -0.1) is 0 Å². The van der Waals surface area contributed by atoms with Crippen molar-refractivity contribution in [2.75, 3.05) is 19.6 Å². The van der Waals surface area contributed by atoms with Gasteiger partial charge in [0, 0.05) is 47.9 Å². The van der Waals surface area contributed by atoms with Crippen LogP contribution >= 0.6 is 0 Å². The van der Waals surface area contributed by atoms with Crippen LogP contribution < -0.4 is 0 Å². The van der Waals surface area contributed by atoms with Gasteiger partial charge < -0.3 is 9.47 Å². The Bertz CT molecular complexity index is 868. The van der Waals surface area contributed by atoms with Crippen molar-refractivity contribution in [3.05, 3.63) is 54.4 Å². The van der Waals surface area contributed by atoms with Crippen molar-refractivity contribution in [1.82, 2.24) is 14.5 Å². The molecule has 2 bridgehead atoms. The van der Waals surface area contributed by atoms with E-state index in [-0.39, 0.29) is 0 Å². The highest BCUT2D eigenvalue weighted by atomic mass is 15.2. The molecule has 2 aromatic heterocycles. The Labute approximate surface area is 136 Å². The molecule has 2 saturated heterocycles. The molecule has 2 aliphatic heterocycles. The molecule has 0 radical (unpaired) electrons. The van der Waals surface area contributed by atoms with E-state index in [2.05, 4.69) is 65.3 Å². The van der Waals surface area contributed by atoms with E-state index >= 15 is 0 Å². The Balaban J connectivity index is 1.51. The van der Waals surface area contributed by atoms with Crippen LogP contribution in [0, 0.1) is 0 Å². The van der Waals surface area contributed by atoms with Crippen LogP contribution in [0.2, 0.25) is 0 Å². The molecule has 0 spiro atoms. The molecule has 0 N–H and O–H groups in total. The molecule has 23 heavy (non-hydrogen) atoms. The first kappa shape index (κ1) is 13.3. The molecule has 0 aliphatic carbocycles. The lowest BCUT2D eigenvalue weighted by atomic mass is 9.78. The van der Waals surface area contributed by atoms with E-state index in [0.717, 1.165) is 5.69 Å². The summed E-state index contributed by atoms with van der Waals surface area (Å²) in [6.45, 7) is 3.74. The minimum atomic E-state index is 0.384. The lowest BCUT2D eigenvalue weighted by Gasteiger charge is -2.25. The van der Waals surface area contributed by atoms with E-state index in [9.17, 15) is 0 Å². The predicted molar refractivity (Wildman–Crippen MR) is 93.5 cm³/mol. The fourth-order valence-corrected chi connectivity index (χ4v) is 4.42. The fourth-order valence-electron chi connectivity index (χ4n) is 4.42. The minimum Gasteiger partial charge on any atom is -0.351 e. The molecule has 0 saturated carbocycles. The number of pyridine rings is 1. The number of aryl methyl sites for hydroxylation is 1. The molecule has 0 atom stereocenters. The van der Waals surface area contributed by atoms with Crippen LogP contribution in [0.5, 0.6) is 0 Å². The third kappa shape index (κ3) is 1.96. The third-order valence-corrected chi connectivity index (χ3v) is 5.90. The van der Waals surface area contributed by atoms with Gasteiger partial charge in [-0.25, -0.2) is 0 Å². The highest BCUT2D eigenvalue weighted by Crippen LogP contribution is 2.43. The van der Waals surface area contributed by atoms with Crippen LogP contribution in [0.15, 0.2) is 48.8 Å². The average molecular weight is 303 g/mol. The Morgan fingerprint density at radius 2 is 1.91 bits per heavy atom. The van der Waals surface area contributed by atoms with Gasteiger partial charge in [0.2, 0.25) is 0 Å². The zero-order valence-electron chi connectivity index (χ0n) is 13.5. The number of fused-ring (bicyclic) bond motifs is 3. The van der Waals surface area contributed by atoms with E-state index in [1.165, 1.54) is 54.5 Å². The smallest absolute Gasteiger partial charge is 0.0702 e. The Kier molecular flexibility index (Phi) is 2.71. The molecular formula is C20H21N3. The van der Waals surface area contributed by atoms with E-state index in [1.54, 1.807) is 0 Å². The molecular weight excluding hydrogens is 282 g/mol. The number of nitrogens with zero attached hydrogens (tertiary/aromatic N) is 3. The van der Waals surface area contributed by atoms with Gasteiger partial charge in [0.05, 0.1) is 5.69 Å². The van der Waals surface area contributed by atoms with Crippen LogP contribution in [-0.4, -0.2) is 34.1 Å². The topological polar surface area (TPSA) is 21.1 Å². The summed E-state index contributed by atoms with van der Waals surface area (Å²) in [4.78, 5) is 7.37.